The van der Waals surface area contributed by atoms with E-state index >= 15 is 0 Å². The van der Waals surface area contributed by atoms with E-state index in [0.29, 0.717) is 18.0 Å². The van der Waals surface area contributed by atoms with Crippen LogP contribution in [0.2, 0.25) is 0 Å². The molecule has 0 amide bonds. The molecule has 2 aromatic rings. The Morgan fingerprint density at radius 1 is 1.07 bits per heavy atom. The number of sulfone groups is 1. The van der Waals surface area contributed by atoms with Crippen LogP contribution in [0.5, 0.6) is 5.75 Å². The van der Waals surface area contributed by atoms with Crippen molar-refractivity contribution in [2.75, 3.05) is 24.8 Å². The number of carbonyl (C=O) groups is 1. The summed E-state index contributed by atoms with van der Waals surface area (Å²) in [7, 11) is -4.08. The van der Waals surface area contributed by atoms with Crippen LogP contribution in [-0.4, -0.2) is 33.9 Å². The molecular formula is C22H27NO5S2. The van der Waals surface area contributed by atoms with E-state index in [9.17, 15) is 13.2 Å². The second-order valence-corrected chi connectivity index (χ2v) is 9.08. The largest absolute Gasteiger partial charge is 0.494 e. The number of anilines is 1. The highest BCUT2D eigenvalue weighted by Crippen LogP contribution is 2.24. The number of carbonyl (C=O) groups excluding carboxylic acids is 1. The minimum Gasteiger partial charge on any atom is -0.494 e. The second-order valence-electron chi connectivity index (χ2n) is 6.28. The van der Waals surface area contributed by atoms with E-state index in [4.69, 9.17) is 9.47 Å². The molecule has 30 heavy (non-hydrogen) atoms. The van der Waals surface area contributed by atoms with Gasteiger partial charge in [0, 0.05) is 16.8 Å². The number of ether oxygens (including phenoxy) is 2. The van der Waals surface area contributed by atoms with Crippen LogP contribution in [0.15, 0.2) is 69.4 Å². The van der Waals surface area contributed by atoms with E-state index in [1.165, 1.54) is 18.3 Å². The smallest absolute Gasteiger partial charge is 0.351 e. The van der Waals surface area contributed by atoms with Crippen molar-refractivity contribution in [1.29, 1.82) is 0 Å². The lowest BCUT2D eigenvalue weighted by molar-refractivity contribution is -0.137. The molecule has 6 nitrogen and oxygen atoms in total. The lowest BCUT2D eigenvalue weighted by Gasteiger charge is -2.11. The summed E-state index contributed by atoms with van der Waals surface area (Å²) < 4.78 is 36.7. The van der Waals surface area contributed by atoms with E-state index in [2.05, 4.69) is 12.2 Å². The number of hydrogen-bond acceptors (Lipinski definition) is 7. The first-order chi connectivity index (χ1) is 14.4. The van der Waals surface area contributed by atoms with Gasteiger partial charge in [-0.2, -0.15) is 0 Å². The molecule has 0 spiro atoms. The molecular weight excluding hydrogens is 422 g/mol. The van der Waals surface area contributed by atoms with Crippen LogP contribution in [0.3, 0.4) is 0 Å². The highest BCUT2D eigenvalue weighted by atomic mass is 32.2. The van der Waals surface area contributed by atoms with Gasteiger partial charge in [-0.1, -0.05) is 13.3 Å². The normalized spacial score (nSPS) is 11.8. The number of rotatable bonds is 11. The number of benzene rings is 2. The number of esters is 1. The van der Waals surface area contributed by atoms with Crippen molar-refractivity contribution in [2.24, 2.45) is 0 Å². The molecule has 0 aliphatic heterocycles. The summed E-state index contributed by atoms with van der Waals surface area (Å²) in [6.45, 7) is 4.32. The zero-order chi connectivity index (χ0) is 22.0. The number of thioether (sulfide) groups is 1. The van der Waals surface area contributed by atoms with Gasteiger partial charge in [0.15, 0.2) is 4.91 Å². The first kappa shape index (κ1) is 23.8. The topological polar surface area (TPSA) is 81.7 Å². The lowest BCUT2D eigenvalue weighted by Crippen LogP contribution is -2.18. The highest BCUT2D eigenvalue weighted by Gasteiger charge is 2.28. The molecule has 0 saturated carbocycles. The molecule has 2 rings (SSSR count). The molecule has 0 saturated heterocycles. The first-order valence-electron chi connectivity index (χ1n) is 9.68. The van der Waals surface area contributed by atoms with Gasteiger partial charge >= 0.3 is 5.97 Å². The molecule has 2 aromatic carbocycles. The van der Waals surface area contributed by atoms with Crippen LogP contribution in [0.4, 0.5) is 5.69 Å². The third-order valence-electron chi connectivity index (χ3n) is 4.13. The zero-order valence-corrected chi connectivity index (χ0v) is 19.0. The van der Waals surface area contributed by atoms with Crippen molar-refractivity contribution in [1.82, 2.24) is 0 Å². The Morgan fingerprint density at radius 3 is 2.30 bits per heavy atom. The molecule has 0 heterocycles. The highest BCUT2D eigenvalue weighted by molar-refractivity contribution is 7.98. The summed E-state index contributed by atoms with van der Waals surface area (Å²) in [5.41, 5.74) is 0.657. The number of hydrogen-bond donors (Lipinski definition) is 1. The Labute approximate surface area is 182 Å². The van der Waals surface area contributed by atoms with E-state index < -0.39 is 20.7 Å². The standard InChI is InChI=1S/C22H27NO5S2/c1-4-6-15-28-18-9-13-20(14-10-18)30(25,26)21(22(24)27-5-2)16-23-17-7-11-19(29-3)12-8-17/h7-14,16,23H,4-6,15H2,1-3H3/b21-16+. The van der Waals surface area contributed by atoms with E-state index in [1.807, 2.05) is 18.4 Å². The third-order valence-corrected chi connectivity index (χ3v) is 6.63. The average molecular weight is 450 g/mol. The van der Waals surface area contributed by atoms with Crippen LogP contribution in [-0.2, 0) is 19.4 Å². The van der Waals surface area contributed by atoms with Crippen LogP contribution in [0, 0.1) is 0 Å². The van der Waals surface area contributed by atoms with Gasteiger partial charge in [0.2, 0.25) is 9.84 Å². The van der Waals surface area contributed by atoms with Crippen molar-refractivity contribution >= 4 is 33.3 Å². The molecule has 0 radical (unpaired) electrons. The summed E-state index contributed by atoms with van der Waals surface area (Å²) in [6.07, 6.45) is 5.06. The van der Waals surface area contributed by atoms with Gasteiger partial charge in [-0.15, -0.1) is 11.8 Å². The summed E-state index contributed by atoms with van der Waals surface area (Å²) in [5, 5.41) is 2.88. The van der Waals surface area contributed by atoms with Gasteiger partial charge in [0.1, 0.15) is 5.75 Å². The lowest BCUT2D eigenvalue weighted by atomic mass is 10.3. The molecule has 162 valence electrons. The van der Waals surface area contributed by atoms with Crippen molar-refractivity contribution in [3.63, 3.8) is 0 Å². The maximum atomic E-state index is 13.1. The first-order valence-corrected chi connectivity index (χ1v) is 12.4. The van der Waals surface area contributed by atoms with Crippen LogP contribution >= 0.6 is 11.8 Å². The summed E-state index contributed by atoms with van der Waals surface area (Å²) in [5.74, 6) is -0.329. The van der Waals surface area contributed by atoms with Crippen molar-refractivity contribution in [3.8, 4) is 5.75 Å². The third kappa shape index (κ3) is 6.53. The molecule has 0 atom stereocenters. The Bertz CT molecular complexity index is 952. The van der Waals surface area contributed by atoms with Crippen molar-refractivity contribution in [2.45, 2.75) is 36.5 Å². The predicted molar refractivity (Wildman–Crippen MR) is 121 cm³/mol. The van der Waals surface area contributed by atoms with Gasteiger partial charge in [-0.05, 0) is 68.1 Å². The Morgan fingerprint density at radius 2 is 1.73 bits per heavy atom. The minimum atomic E-state index is -4.08. The maximum absolute atomic E-state index is 13.1. The Hall–Kier alpha value is -2.45. The number of nitrogens with one attached hydrogen (secondary N) is 1. The van der Waals surface area contributed by atoms with E-state index in [-0.39, 0.29) is 11.5 Å². The van der Waals surface area contributed by atoms with Gasteiger partial charge in [-0.3, -0.25) is 0 Å². The molecule has 0 bridgehead atoms. The van der Waals surface area contributed by atoms with Crippen molar-refractivity contribution < 1.29 is 22.7 Å². The van der Waals surface area contributed by atoms with Gasteiger partial charge in [0.05, 0.1) is 18.1 Å². The molecule has 0 aliphatic rings. The Balaban J connectivity index is 2.28. The quantitative estimate of drug-likeness (QED) is 0.227. The maximum Gasteiger partial charge on any atom is 0.351 e. The molecule has 1 N–H and O–H groups in total. The summed E-state index contributed by atoms with van der Waals surface area (Å²) >= 11 is 1.60. The summed E-state index contributed by atoms with van der Waals surface area (Å²) in [6, 6.07) is 13.4. The molecule has 8 heteroatoms. The van der Waals surface area contributed by atoms with E-state index in [0.717, 1.165) is 17.7 Å². The molecule has 0 aliphatic carbocycles. The van der Waals surface area contributed by atoms with Gasteiger partial charge in [-0.25, -0.2) is 13.2 Å². The fourth-order valence-electron chi connectivity index (χ4n) is 2.46. The van der Waals surface area contributed by atoms with E-state index in [1.54, 1.807) is 43.0 Å². The van der Waals surface area contributed by atoms with Crippen molar-refractivity contribution in [3.05, 3.63) is 59.6 Å². The fraction of sp³-hybridized carbons (Fsp3) is 0.318. The average Bonchev–Trinajstić information content (AvgIpc) is 2.75. The van der Waals surface area contributed by atoms with Gasteiger partial charge < -0.3 is 14.8 Å². The second kappa shape index (κ2) is 11.7. The predicted octanol–water partition coefficient (Wildman–Crippen LogP) is 4.88. The minimum absolute atomic E-state index is 0.0100. The fourth-order valence-corrected chi connectivity index (χ4v) is 4.11. The Kier molecular flexibility index (Phi) is 9.26. The van der Waals surface area contributed by atoms with Crippen LogP contribution < -0.4 is 10.1 Å². The summed E-state index contributed by atoms with van der Waals surface area (Å²) in [4.78, 5) is 13.0. The number of unbranched alkanes of at least 4 members (excludes halogenated alkanes) is 1. The SMILES string of the molecule is CCCCOc1ccc(S(=O)(=O)/C(=C/Nc2ccc(SC)cc2)C(=O)OCC)cc1. The zero-order valence-electron chi connectivity index (χ0n) is 17.4. The molecule has 0 unspecified atom stereocenters. The van der Waals surface area contributed by atoms with Crippen LogP contribution in [0.25, 0.3) is 0 Å². The molecule has 0 fully saturated rings. The monoisotopic (exact) mass is 449 g/mol. The van der Waals surface area contributed by atoms with Gasteiger partial charge in [0.25, 0.3) is 0 Å². The molecule has 0 aromatic heterocycles. The van der Waals surface area contributed by atoms with Crippen LogP contribution in [0.1, 0.15) is 26.7 Å².